The molecular weight excluding hydrogens is 468 g/mol. The Bertz CT molecular complexity index is 822. The summed E-state index contributed by atoms with van der Waals surface area (Å²) >= 11 is 6.90. The molecule has 5 nitrogen and oxygen atoms in total. The first kappa shape index (κ1) is 28.7. The number of hydrogen-bond donors (Lipinski definition) is 0. The first-order valence-electron chi connectivity index (χ1n) is 11.8. The minimum Gasteiger partial charge on any atom is -0.470 e. The Labute approximate surface area is 215 Å². The highest BCUT2D eigenvalue weighted by atomic mass is 32.2. The fourth-order valence-corrected chi connectivity index (χ4v) is 4.74. The summed E-state index contributed by atoms with van der Waals surface area (Å²) in [6.07, 6.45) is 9.17. The number of aryl methyl sites for hydroxylation is 1. The molecule has 1 aromatic carbocycles. The summed E-state index contributed by atoms with van der Waals surface area (Å²) in [5.41, 5.74) is 4.34. The molecule has 0 N–H and O–H groups in total. The van der Waals surface area contributed by atoms with Gasteiger partial charge in [-0.25, -0.2) is 0 Å². The summed E-state index contributed by atoms with van der Waals surface area (Å²) in [6, 6.07) is 4.24. The van der Waals surface area contributed by atoms with E-state index in [9.17, 15) is 0 Å². The molecule has 190 valence electrons. The molecule has 1 aliphatic carbocycles. The Kier molecular flexibility index (Phi) is 12.5. The molecule has 0 fully saturated rings. The van der Waals surface area contributed by atoms with Crippen molar-refractivity contribution in [1.29, 1.82) is 0 Å². The van der Waals surface area contributed by atoms with Crippen LogP contribution in [0.2, 0.25) is 0 Å². The van der Waals surface area contributed by atoms with E-state index in [0.29, 0.717) is 4.38 Å². The lowest BCUT2D eigenvalue weighted by Gasteiger charge is -2.39. The van der Waals surface area contributed by atoms with Crippen LogP contribution in [-0.2, 0) is 20.6 Å². The van der Waals surface area contributed by atoms with Crippen LogP contribution in [0.15, 0.2) is 35.9 Å². The maximum Gasteiger partial charge on any atom is 0.220 e. The fourth-order valence-electron chi connectivity index (χ4n) is 4.44. The highest BCUT2D eigenvalue weighted by Crippen LogP contribution is 2.49. The Morgan fingerprint density at radius 1 is 1.12 bits per heavy atom. The van der Waals surface area contributed by atoms with Gasteiger partial charge in [0.15, 0.2) is 13.6 Å². The second-order valence-corrected chi connectivity index (χ2v) is 10.1. The molecule has 0 aromatic heterocycles. The normalized spacial score (nSPS) is 19.9. The number of hydrogen-bond acceptors (Lipinski definition) is 7. The van der Waals surface area contributed by atoms with E-state index in [1.165, 1.54) is 30.2 Å². The van der Waals surface area contributed by atoms with Gasteiger partial charge in [-0.05, 0) is 80.8 Å². The Morgan fingerprint density at radius 2 is 1.74 bits per heavy atom. The van der Waals surface area contributed by atoms with E-state index in [-0.39, 0.29) is 31.5 Å². The predicted octanol–water partition coefficient (Wildman–Crippen LogP) is 7.04. The lowest BCUT2D eigenvalue weighted by molar-refractivity contribution is 0.0418. The van der Waals surface area contributed by atoms with Crippen LogP contribution < -0.4 is 9.47 Å². The van der Waals surface area contributed by atoms with Crippen molar-refractivity contribution >= 4 is 28.4 Å². The minimum atomic E-state index is -0.254. The van der Waals surface area contributed by atoms with Crippen molar-refractivity contribution in [2.75, 3.05) is 34.1 Å². The van der Waals surface area contributed by atoms with Crippen LogP contribution in [0.25, 0.3) is 0 Å². The van der Waals surface area contributed by atoms with Gasteiger partial charge in [0, 0.05) is 25.7 Å². The summed E-state index contributed by atoms with van der Waals surface area (Å²) in [7, 11) is 3.25. The van der Waals surface area contributed by atoms with Gasteiger partial charge < -0.3 is 23.7 Å². The molecule has 3 atom stereocenters. The molecule has 7 heteroatoms. The zero-order valence-corrected chi connectivity index (χ0v) is 23.1. The highest BCUT2D eigenvalue weighted by molar-refractivity contribution is 8.22. The molecule has 1 aromatic rings. The lowest BCUT2D eigenvalue weighted by atomic mass is 9.70. The third-order valence-electron chi connectivity index (χ3n) is 6.16. The summed E-state index contributed by atoms with van der Waals surface area (Å²) in [5, 5.41) is 0. The van der Waals surface area contributed by atoms with Gasteiger partial charge in [-0.3, -0.25) is 0 Å². The molecule has 0 radical (unpaired) electrons. The molecule has 0 spiro atoms. The van der Waals surface area contributed by atoms with Gasteiger partial charge in [0.05, 0.1) is 0 Å². The van der Waals surface area contributed by atoms with Crippen molar-refractivity contribution in [3.05, 3.63) is 47.1 Å². The summed E-state index contributed by atoms with van der Waals surface area (Å²) < 4.78 is 29.7. The Hall–Kier alpha value is -1.54. The highest BCUT2D eigenvalue weighted by Gasteiger charge is 2.41. The standard InChI is InChI=1S/C27H40O5S2/c1-8-9-10-11-20-14-22(30-16-28-5)25(23(15-20)31-17-29-6)24-21(18(2)3)13-12-19(4)26(24)32-27(33)34-7/h12,14-15,21,24,26H,2,8-11,13,16-17H2,1,3-7H3/t21-,24+,26-/m0/s1. The zero-order chi connectivity index (χ0) is 25.1. The van der Waals surface area contributed by atoms with Crippen molar-refractivity contribution in [3.63, 3.8) is 0 Å². The quantitative estimate of drug-likeness (QED) is 0.122. The number of allylic oxidation sites excluding steroid dienone is 2. The third kappa shape index (κ3) is 7.74. The topological polar surface area (TPSA) is 46.2 Å². The number of rotatable bonds is 13. The largest absolute Gasteiger partial charge is 0.470 e. The van der Waals surface area contributed by atoms with Gasteiger partial charge in [0.25, 0.3) is 0 Å². The zero-order valence-electron chi connectivity index (χ0n) is 21.5. The molecule has 0 amide bonds. The molecule has 1 aliphatic rings. The number of unbranched alkanes of at least 4 members (excludes halogenated alkanes) is 2. The maximum atomic E-state index is 6.34. The molecule has 0 unspecified atom stereocenters. The number of benzene rings is 1. The van der Waals surface area contributed by atoms with Crippen molar-refractivity contribution in [3.8, 4) is 11.5 Å². The van der Waals surface area contributed by atoms with E-state index >= 15 is 0 Å². The molecule has 0 heterocycles. The number of methoxy groups -OCH3 is 2. The molecule has 0 bridgehead atoms. The molecular formula is C27H40O5S2. The maximum absolute atomic E-state index is 6.34. The second kappa shape index (κ2) is 14.8. The molecule has 0 saturated heterocycles. The van der Waals surface area contributed by atoms with Crippen LogP contribution >= 0.6 is 24.0 Å². The van der Waals surface area contributed by atoms with E-state index in [0.717, 1.165) is 47.5 Å². The molecule has 2 rings (SSSR count). The first-order valence-corrected chi connectivity index (χ1v) is 13.5. The molecule has 0 aliphatic heterocycles. The van der Waals surface area contributed by atoms with Gasteiger partial charge >= 0.3 is 0 Å². The number of thioether (sulfide) groups is 1. The monoisotopic (exact) mass is 508 g/mol. The summed E-state index contributed by atoms with van der Waals surface area (Å²) in [4.78, 5) is 0. The van der Waals surface area contributed by atoms with Gasteiger partial charge in [-0.2, -0.15) is 0 Å². The van der Waals surface area contributed by atoms with Gasteiger partial charge in [-0.1, -0.05) is 49.8 Å². The average molecular weight is 509 g/mol. The Balaban J connectivity index is 2.69. The lowest BCUT2D eigenvalue weighted by Crippen LogP contribution is -2.34. The van der Waals surface area contributed by atoms with Gasteiger partial charge in [0.2, 0.25) is 4.38 Å². The smallest absolute Gasteiger partial charge is 0.220 e. The van der Waals surface area contributed by atoms with Crippen molar-refractivity contribution in [2.24, 2.45) is 5.92 Å². The third-order valence-corrected chi connectivity index (χ3v) is 7.18. The Morgan fingerprint density at radius 3 is 2.24 bits per heavy atom. The predicted molar refractivity (Wildman–Crippen MR) is 145 cm³/mol. The van der Waals surface area contributed by atoms with E-state index in [2.05, 4.69) is 45.6 Å². The van der Waals surface area contributed by atoms with Crippen LogP contribution in [0, 0.1) is 5.92 Å². The number of thiocarbonyl (C=S) groups is 1. The fraction of sp³-hybridized carbons (Fsp3) is 0.593. The molecule has 0 saturated carbocycles. The summed E-state index contributed by atoms with van der Waals surface area (Å²) in [6.45, 7) is 11.0. The van der Waals surface area contributed by atoms with E-state index in [1.807, 2.05) is 6.26 Å². The van der Waals surface area contributed by atoms with Crippen LogP contribution in [0.3, 0.4) is 0 Å². The summed E-state index contributed by atoms with van der Waals surface area (Å²) in [5.74, 6) is 1.54. The number of ether oxygens (including phenoxy) is 5. The van der Waals surface area contributed by atoms with Crippen LogP contribution in [0.5, 0.6) is 11.5 Å². The second-order valence-electron chi connectivity index (χ2n) is 8.72. The van der Waals surface area contributed by atoms with Crippen molar-refractivity contribution in [1.82, 2.24) is 0 Å². The van der Waals surface area contributed by atoms with Gasteiger partial charge in [-0.15, -0.1) is 0 Å². The van der Waals surface area contributed by atoms with E-state index < -0.39 is 0 Å². The van der Waals surface area contributed by atoms with Gasteiger partial charge in [0.1, 0.15) is 17.6 Å². The van der Waals surface area contributed by atoms with Crippen molar-refractivity contribution < 1.29 is 23.7 Å². The first-order chi connectivity index (χ1) is 16.4. The minimum absolute atomic E-state index is 0.0870. The van der Waals surface area contributed by atoms with Crippen LogP contribution in [-0.4, -0.2) is 44.5 Å². The SMILES string of the molecule is C=C(C)[C@@H]1CC=C(C)[C@H](OC(=S)SC)[C@H]1c1c(OCOC)cc(CCCCC)cc1OCOC. The average Bonchev–Trinajstić information content (AvgIpc) is 2.82. The van der Waals surface area contributed by atoms with E-state index in [1.54, 1.807) is 14.2 Å². The molecule has 34 heavy (non-hydrogen) atoms. The van der Waals surface area contributed by atoms with Crippen LogP contribution in [0.1, 0.15) is 63.5 Å². The van der Waals surface area contributed by atoms with E-state index in [4.69, 9.17) is 35.9 Å². The van der Waals surface area contributed by atoms with Crippen molar-refractivity contribution in [2.45, 2.75) is 64.9 Å². The van der Waals surface area contributed by atoms with Crippen LogP contribution in [0.4, 0.5) is 0 Å².